The maximum atomic E-state index is 13.9. The summed E-state index contributed by atoms with van der Waals surface area (Å²) in [6, 6.07) is 30.5. The van der Waals surface area contributed by atoms with Crippen molar-refractivity contribution in [2.45, 2.75) is 25.9 Å². The van der Waals surface area contributed by atoms with Gasteiger partial charge >= 0.3 is 0 Å². The fraction of sp³-hybridized carbons (Fsp3) is 0.225. The molecule has 5 aromatic rings. The van der Waals surface area contributed by atoms with Crippen molar-refractivity contribution in [3.05, 3.63) is 156 Å². The van der Waals surface area contributed by atoms with Crippen LogP contribution >= 0.6 is 0 Å². The van der Waals surface area contributed by atoms with Crippen LogP contribution in [0.1, 0.15) is 27.8 Å². The third-order valence-corrected chi connectivity index (χ3v) is 8.90. The van der Waals surface area contributed by atoms with Crippen molar-refractivity contribution in [2.75, 3.05) is 32.6 Å². The summed E-state index contributed by atoms with van der Waals surface area (Å²) in [7, 11) is 4.89. The number of benzene rings is 4. The summed E-state index contributed by atoms with van der Waals surface area (Å²) in [5.41, 5.74) is 5.03. The highest BCUT2D eigenvalue weighted by molar-refractivity contribution is 5.90. The number of ether oxygens (including phenoxy) is 2. The monoisotopic (exact) mass is 656 g/mol. The minimum Gasteiger partial charge on any atom is -0.493 e. The molecular formula is C40H40N4O5. The normalized spacial score (nSPS) is 13.6. The summed E-state index contributed by atoms with van der Waals surface area (Å²) >= 11 is 0. The van der Waals surface area contributed by atoms with E-state index >= 15 is 0 Å². The summed E-state index contributed by atoms with van der Waals surface area (Å²) < 4.78 is 13.6. The second-order valence-electron chi connectivity index (χ2n) is 12.1. The van der Waals surface area contributed by atoms with Crippen LogP contribution in [0.2, 0.25) is 0 Å². The average Bonchev–Trinajstić information content (AvgIpc) is 3.13. The van der Waals surface area contributed by atoms with Gasteiger partial charge in [0, 0.05) is 32.4 Å². The predicted molar refractivity (Wildman–Crippen MR) is 193 cm³/mol. The zero-order valence-electron chi connectivity index (χ0n) is 28.0. The molecule has 0 aliphatic carbocycles. The Hall–Kier alpha value is -5.67. The molecule has 9 heteroatoms. The van der Waals surface area contributed by atoms with Crippen LogP contribution in [0, 0.1) is 0 Å². The Morgan fingerprint density at radius 1 is 0.776 bits per heavy atom. The van der Waals surface area contributed by atoms with Crippen molar-refractivity contribution in [2.24, 2.45) is 7.05 Å². The van der Waals surface area contributed by atoms with Crippen molar-refractivity contribution < 1.29 is 14.3 Å². The Morgan fingerprint density at radius 2 is 1.37 bits per heavy atom. The highest BCUT2D eigenvalue weighted by atomic mass is 16.5. The number of hydrogen-bond donors (Lipinski definition) is 1. The molecule has 0 saturated carbocycles. The van der Waals surface area contributed by atoms with E-state index in [9.17, 15) is 14.4 Å². The van der Waals surface area contributed by atoms with Crippen LogP contribution in [-0.2, 0) is 37.8 Å². The van der Waals surface area contributed by atoms with Crippen LogP contribution in [-0.4, -0.2) is 47.3 Å². The number of methoxy groups -OCH3 is 2. The van der Waals surface area contributed by atoms with Crippen molar-refractivity contribution in [1.29, 1.82) is 0 Å². The largest absolute Gasteiger partial charge is 0.493 e. The lowest BCUT2D eigenvalue weighted by Gasteiger charge is -2.29. The van der Waals surface area contributed by atoms with Gasteiger partial charge in [-0.1, -0.05) is 72.8 Å². The van der Waals surface area contributed by atoms with Gasteiger partial charge in [0.25, 0.3) is 11.1 Å². The van der Waals surface area contributed by atoms with Gasteiger partial charge in [0.15, 0.2) is 11.5 Å². The van der Waals surface area contributed by atoms with E-state index in [2.05, 4.69) is 22.3 Å². The molecule has 1 aliphatic rings. The molecule has 1 N–H and O–H groups in total. The molecule has 4 aromatic carbocycles. The Balaban J connectivity index is 1.17. The smallest absolute Gasteiger partial charge is 0.275 e. The zero-order valence-corrected chi connectivity index (χ0v) is 28.0. The number of carbonyl (C=O) groups is 1. The van der Waals surface area contributed by atoms with Gasteiger partial charge in [-0.15, -0.1) is 0 Å². The first kappa shape index (κ1) is 33.2. The number of nitrogens with zero attached hydrogens (tertiary/aromatic N) is 3. The Labute approximate surface area is 285 Å². The van der Waals surface area contributed by atoms with E-state index in [-0.39, 0.29) is 22.8 Å². The predicted octanol–water partition coefficient (Wildman–Crippen LogP) is 3.46. The van der Waals surface area contributed by atoms with Crippen LogP contribution in [0.4, 0.5) is 5.69 Å². The lowest BCUT2D eigenvalue weighted by molar-refractivity contribution is -0.116. The SMILES string of the molecule is COc1cc2c(cc1OC)CN(CCc1ccc(NC(=O)Cn3c(=O)c(=Cc4ccccc4)n(C)c(=O)c3=Cc3ccccc3)cc1)CC2. The van der Waals surface area contributed by atoms with E-state index in [0.717, 1.165) is 60.7 Å². The maximum Gasteiger partial charge on any atom is 0.275 e. The maximum absolute atomic E-state index is 13.9. The molecule has 0 atom stereocenters. The minimum absolute atomic E-state index is 0.132. The van der Waals surface area contributed by atoms with Crippen molar-refractivity contribution in [3.8, 4) is 11.5 Å². The second-order valence-corrected chi connectivity index (χ2v) is 12.1. The molecule has 250 valence electrons. The van der Waals surface area contributed by atoms with Crippen LogP contribution in [0.25, 0.3) is 12.2 Å². The van der Waals surface area contributed by atoms with E-state index in [4.69, 9.17) is 9.47 Å². The standard InChI is InChI=1S/C40H40N4O5/c1-42-34(22-29-10-6-4-7-11-29)40(47)44(35(39(42)46)23-30-12-8-5-9-13-30)27-38(45)41-33-16-14-28(15-17-33)18-20-43-21-19-31-24-36(48-2)37(49-3)25-32(31)26-43/h4-17,22-25H,18-21,26-27H2,1-3H3,(H,41,45). The van der Waals surface area contributed by atoms with Crippen LogP contribution in [0.3, 0.4) is 0 Å². The molecular weight excluding hydrogens is 616 g/mol. The molecule has 0 saturated heterocycles. The highest BCUT2D eigenvalue weighted by Crippen LogP contribution is 2.33. The zero-order chi connectivity index (χ0) is 34.3. The van der Waals surface area contributed by atoms with Gasteiger partial charge in [-0.05, 0) is 77.1 Å². The van der Waals surface area contributed by atoms with Gasteiger partial charge in [0.2, 0.25) is 5.91 Å². The fourth-order valence-electron chi connectivity index (χ4n) is 6.18. The third kappa shape index (κ3) is 7.74. The van der Waals surface area contributed by atoms with E-state index in [1.165, 1.54) is 20.3 Å². The molecule has 0 unspecified atom stereocenters. The molecule has 1 aliphatic heterocycles. The molecule has 0 bridgehead atoms. The molecule has 1 aromatic heterocycles. The molecule has 0 fully saturated rings. The molecule has 0 radical (unpaired) electrons. The summed E-state index contributed by atoms with van der Waals surface area (Å²) in [6.45, 7) is 2.39. The number of anilines is 1. The molecule has 1 amide bonds. The van der Waals surface area contributed by atoms with E-state index in [1.54, 1.807) is 33.4 Å². The highest BCUT2D eigenvalue weighted by Gasteiger charge is 2.19. The number of hydrogen-bond acceptors (Lipinski definition) is 6. The quantitative estimate of drug-likeness (QED) is 0.248. The first-order valence-electron chi connectivity index (χ1n) is 16.3. The number of fused-ring (bicyclic) bond motifs is 1. The minimum atomic E-state index is -0.434. The Bertz CT molecular complexity index is 2190. The van der Waals surface area contributed by atoms with Gasteiger partial charge in [0.05, 0.1) is 14.2 Å². The van der Waals surface area contributed by atoms with E-state index < -0.39 is 11.5 Å². The molecule has 6 rings (SSSR count). The first-order valence-corrected chi connectivity index (χ1v) is 16.3. The van der Waals surface area contributed by atoms with Crippen molar-refractivity contribution >= 4 is 23.7 Å². The summed E-state index contributed by atoms with van der Waals surface area (Å²) in [5.74, 6) is 1.10. The number of amides is 1. The number of nitrogens with one attached hydrogen (secondary N) is 1. The molecule has 9 nitrogen and oxygen atoms in total. The lowest BCUT2D eigenvalue weighted by atomic mass is 9.98. The van der Waals surface area contributed by atoms with E-state index in [0.29, 0.717) is 5.69 Å². The summed E-state index contributed by atoms with van der Waals surface area (Å²) in [5, 5.41) is 3.23. The fourth-order valence-corrected chi connectivity index (χ4v) is 6.18. The van der Waals surface area contributed by atoms with Gasteiger partial charge in [-0.3, -0.25) is 23.9 Å². The topological polar surface area (TPSA) is 94.8 Å². The first-order chi connectivity index (χ1) is 23.8. The van der Waals surface area contributed by atoms with E-state index in [1.807, 2.05) is 84.9 Å². The average molecular weight is 657 g/mol. The van der Waals surface area contributed by atoms with Crippen LogP contribution < -0.4 is 36.6 Å². The van der Waals surface area contributed by atoms with Crippen LogP contribution in [0.15, 0.2) is 107 Å². The summed E-state index contributed by atoms with van der Waals surface area (Å²) in [4.78, 5) is 43.3. The summed E-state index contributed by atoms with van der Waals surface area (Å²) in [6.07, 6.45) is 5.12. The van der Waals surface area contributed by atoms with Crippen molar-refractivity contribution in [3.63, 3.8) is 0 Å². The number of rotatable bonds is 10. The van der Waals surface area contributed by atoms with Gasteiger partial charge in [-0.25, -0.2) is 0 Å². The third-order valence-electron chi connectivity index (χ3n) is 8.90. The molecule has 2 heterocycles. The van der Waals surface area contributed by atoms with Gasteiger partial charge in [0.1, 0.15) is 17.2 Å². The Kier molecular flexibility index (Phi) is 10.2. The second kappa shape index (κ2) is 15.0. The Morgan fingerprint density at radius 3 is 1.98 bits per heavy atom. The lowest BCUT2D eigenvalue weighted by Crippen LogP contribution is -2.58. The number of aromatic nitrogens is 2. The molecule has 0 spiro atoms. The van der Waals surface area contributed by atoms with Gasteiger partial charge in [-0.2, -0.15) is 0 Å². The van der Waals surface area contributed by atoms with Crippen LogP contribution in [0.5, 0.6) is 11.5 Å². The number of carbonyl (C=O) groups excluding carboxylic acids is 1. The van der Waals surface area contributed by atoms with Gasteiger partial charge < -0.3 is 19.4 Å². The molecule has 49 heavy (non-hydrogen) atoms. The van der Waals surface area contributed by atoms with Crippen molar-refractivity contribution in [1.82, 2.24) is 14.0 Å².